The summed E-state index contributed by atoms with van der Waals surface area (Å²) in [5.74, 6) is 1.24. The highest BCUT2D eigenvalue weighted by molar-refractivity contribution is 5.36. The van der Waals surface area contributed by atoms with Gasteiger partial charge in [0.25, 0.3) is 6.47 Å². The van der Waals surface area contributed by atoms with Crippen molar-refractivity contribution in [3.05, 3.63) is 11.6 Å². The summed E-state index contributed by atoms with van der Waals surface area (Å²) in [6.07, 6.45) is 0.509. The van der Waals surface area contributed by atoms with Gasteiger partial charge in [-0.05, 0) is 0 Å². The minimum Gasteiger partial charge on any atom is -0.467 e. The van der Waals surface area contributed by atoms with Crippen LogP contribution in [0.25, 0.3) is 0 Å². The van der Waals surface area contributed by atoms with Gasteiger partial charge in [-0.1, -0.05) is 0 Å². The Kier molecular flexibility index (Phi) is 3.21. The van der Waals surface area contributed by atoms with E-state index in [4.69, 9.17) is 5.73 Å². The van der Waals surface area contributed by atoms with Crippen LogP contribution in [0.4, 0.5) is 0 Å². The Labute approximate surface area is 69.1 Å². The van der Waals surface area contributed by atoms with Crippen LogP contribution in [0.3, 0.4) is 0 Å². The summed E-state index contributed by atoms with van der Waals surface area (Å²) in [6, 6.07) is 0. The number of hydrogen-bond acceptors (Lipinski definition) is 5. The summed E-state index contributed by atoms with van der Waals surface area (Å²) in [7, 11) is 0. The van der Waals surface area contributed by atoms with Gasteiger partial charge >= 0.3 is 0 Å². The third-order valence-electron chi connectivity index (χ3n) is 1.28. The van der Waals surface area contributed by atoms with Gasteiger partial charge in [-0.25, -0.2) is 4.98 Å². The van der Waals surface area contributed by atoms with E-state index in [1.54, 1.807) is 0 Å². The van der Waals surface area contributed by atoms with Gasteiger partial charge in [0, 0.05) is 6.42 Å². The first-order chi connectivity index (χ1) is 5.86. The molecule has 1 aromatic heterocycles. The van der Waals surface area contributed by atoms with Crippen LogP contribution in [0.1, 0.15) is 11.6 Å². The number of H-pyrrole nitrogens is 1. The Morgan fingerprint density at radius 1 is 1.67 bits per heavy atom. The number of ether oxygens (including phenoxy) is 1. The Morgan fingerprint density at radius 2 is 2.50 bits per heavy atom. The summed E-state index contributed by atoms with van der Waals surface area (Å²) in [5, 5.41) is 6.50. The highest BCUT2D eigenvalue weighted by Gasteiger charge is 2.00. The zero-order valence-corrected chi connectivity index (χ0v) is 6.49. The monoisotopic (exact) mass is 170 g/mol. The molecule has 0 atom stereocenters. The average molecular weight is 170 g/mol. The molecule has 0 aliphatic heterocycles. The van der Waals surface area contributed by atoms with Crippen LogP contribution in [0.15, 0.2) is 0 Å². The molecular formula is C6H10N4O2. The van der Waals surface area contributed by atoms with E-state index in [9.17, 15) is 4.79 Å². The molecule has 6 nitrogen and oxygen atoms in total. The molecule has 0 aromatic carbocycles. The van der Waals surface area contributed by atoms with Crippen molar-refractivity contribution in [2.24, 2.45) is 5.73 Å². The maximum atomic E-state index is 9.77. The number of hydrogen-bond donors (Lipinski definition) is 2. The van der Waals surface area contributed by atoms with Crippen molar-refractivity contribution in [2.75, 3.05) is 6.61 Å². The molecule has 12 heavy (non-hydrogen) atoms. The molecule has 66 valence electrons. The fourth-order valence-electron chi connectivity index (χ4n) is 0.736. The molecule has 0 aliphatic carbocycles. The predicted octanol–water partition coefficient (Wildman–Crippen LogP) is -1.02. The Hall–Kier alpha value is -1.43. The van der Waals surface area contributed by atoms with Gasteiger partial charge < -0.3 is 10.5 Å². The van der Waals surface area contributed by atoms with E-state index in [0.29, 0.717) is 37.7 Å². The molecule has 0 saturated heterocycles. The van der Waals surface area contributed by atoms with E-state index in [2.05, 4.69) is 19.9 Å². The summed E-state index contributed by atoms with van der Waals surface area (Å²) >= 11 is 0. The zero-order valence-electron chi connectivity index (χ0n) is 6.49. The van der Waals surface area contributed by atoms with Gasteiger partial charge in [-0.15, -0.1) is 0 Å². The second-order valence-electron chi connectivity index (χ2n) is 2.12. The van der Waals surface area contributed by atoms with E-state index < -0.39 is 0 Å². The lowest BCUT2D eigenvalue weighted by Gasteiger charge is -1.91. The van der Waals surface area contributed by atoms with Crippen molar-refractivity contribution in [3.63, 3.8) is 0 Å². The quantitative estimate of drug-likeness (QED) is 0.435. The van der Waals surface area contributed by atoms with Crippen LogP contribution in [-0.2, 0) is 22.5 Å². The topological polar surface area (TPSA) is 93.9 Å². The van der Waals surface area contributed by atoms with Crippen LogP contribution in [0, 0.1) is 0 Å². The molecule has 0 radical (unpaired) electrons. The minimum atomic E-state index is 0.297. The van der Waals surface area contributed by atoms with E-state index in [1.165, 1.54) is 0 Å². The summed E-state index contributed by atoms with van der Waals surface area (Å²) in [6.45, 7) is 1.03. The Bertz CT molecular complexity index is 247. The van der Waals surface area contributed by atoms with Crippen LogP contribution in [-0.4, -0.2) is 28.3 Å². The molecular weight excluding hydrogens is 160 g/mol. The molecule has 0 unspecified atom stereocenters. The van der Waals surface area contributed by atoms with Gasteiger partial charge in [0.15, 0.2) is 5.82 Å². The fraction of sp³-hybridized carbons (Fsp3) is 0.500. The molecule has 1 rings (SSSR count). The number of rotatable bonds is 5. The van der Waals surface area contributed by atoms with Crippen LogP contribution >= 0.6 is 0 Å². The number of nitrogens with zero attached hydrogens (tertiary/aromatic N) is 2. The van der Waals surface area contributed by atoms with Crippen LogP contribution < -0.4 is 5.73 Å². The number of carbonyl (C=O) groups is 1. The van der Waals surface area contributed by atoms with Crippen molar-refractivity contribution < 1.29 is 9.53 Å². The molecule has 0 amide bonds. The number of aromatic nitrogens is 3. The fourth-order valence-corrected chi connectivity index (χ4v) is 0.736. The maximum absolute atomic E-state index is 9.77. The van der Waals surface area contributed by atoms with E-state index >= 15 is 0 Å². The van der Waals surface area contributed by atoms with Crippen LogP contribution in [0.2, 0.25) is 0 Å². The lowest BCUT2D eigenvalue weighted by molar-refractivity contribution is -0.128. The molecule has 1 aromatic rings. The van der Waals surface area contributed by atoms with E-state index in [-0.39, 0.29) is 0 Å². The van der Waals surface area contributed by atoms with Crippen LogP contribution in [0.5, 0.6) is 0 Å². The van der Waals surface area contributed by atoms with Crippen molar-refractivity contribution in [1.29, 1.82) is 0 Å². The first-order valence-corrected chi connectivity index (χ1v) is 3.52. The summed E-state index contributed by atoms with van der Waals surface area (Å²) < 4.78 is 4.47. The minimum absolute atomic E-state index is 0.297. The molecule has 0 bridgehead atoms. The van der Waals surface area contributed by atoms with Gasteiger partial charge in [0.1, 0.15) is 5.82 Å². The molecule has 6 heteroatoms. The number of nitrogens with two attached hydrogens (primary N) is 1. The van der Waals surface area contributed by atoms with Crippen molar-refractivity contribution >= 4 is 6.47 Å². The lowest BCUT2D eigenvalue weighted by Crippen LogP contribution is -2.00. The van der Waals surface area contributed by atoms with E-state index in [1.807, 2.05) is 0 Å². The van der Waals surface area contributed by atoms with Crippen molar-refractivity contribution in [1.82, 2.24) is 15.2 Å². The lowest BCUT2D eigenvalue weighted by atomic mass is 10.4. The third-order valence-corrected chi connectivity index (χ3v) is 1.28. The standard InChI is InChI=1S/C6H10N4O2/c7-3-6-8-5(9-10-6)1-2-12-4-11/h4H,1-3,7H2,(H,8,9,10). The third kappa shape index (κ3) is 2.31. The Balaban J connectivity index is 2.36. The highest BCUT2D eigenvalue weighted by atomic mass is 16.5. The predicted molar refractivity (Wildman–Crippen MR) is 40.0 cm³/mol. The van der Waals surface area contributed by atoms with Crippen molar-refractivity contribution in [2.45, 2.75) is 13.0 Å². The molecule has 0 saturated carbocycles. The summed E-state index contributed by atoms with van der Waals surface area (Å²) in [4.78, 5) is 13.8. The maximum Gasteiger partial charge on any atom is 0.293 e. The SMILES string of the molecule is NCc1nc(CCOC=O)n[nH]1. The van der Waals surface area contributed by atoms with E-state index in [0.717, 1.165) is 0 Å². The second-order valence-corrected chi connectivity index (χ2v) is 2.12. The van der Waals surface area contributed by atoms with Gasteiger partial charge in [-0.2, -0.15) is 5.10 Å². The highest BCUT2D eigenvalue weighted by Crippen LogP contribution is 1.92. The number of nitrogens with one attached hydrogen (secondary N) is 1. The zero-order chi connectivity index (χ0) is 8.81. The van der Waals surface area contributed by atoms with Gasteiger partial charge in [-0.3, -0.25) is 9.89 Å². The smallest absolute Gasteiger partial charge is 0.293 e. The largest absolute Gasteiger partial charge is 0.467 e. The number of carbonyl (C=O) groups excluding carboxylic acids is 1. The number of aromatic amines is 1. The molecule has 0 fully saturated rings. The summed E-state index contributed by atoms with van der Waals surface area (Å²) in [5.41, 5.74) is 5.30. The molecule has 0 aliphatic rings. The van der Waals surface area contributed by atoms with Gasteiger partial charge in [0.2, 0.25) is 0 Å². The first kappa shape index (κ1) is 8.66. The van der Waals surface area contributed by atoms with Crippen molar-refractivity contribution in [3.8, 4) is 0 Å². The second kappa shape index (κ2) is 4.45. The Morgan fingerprint density at radius 3 is 3.08 bits per heavy atom. The molecule has 1 heterocycles. The normalized spacial score (nSPS) is 9.75. The molecule has 3 N–H and O–H groups in total. The average Bonchev–Trinajstić information content (AvgIpc) is 2.53. The van der Waals surface area contributed by atoms with Gasteiger partial charge in [0.05, 0.1) is 13.2 Å². The molecule has 0 spiro atoms. The first-order valence-electron chi connectivity index (χ1n) is 3.52.